The minimum Gasteiger partial charge on any atom is -0.296 e. The van der Waals surface area contributed by atoms with Gasteiger partial charge in [-0.1, -0.05) is 11.6 Å². The summed E-state index contributed by atoms with van der Waals surface area (Å²) in [7, 11) is 0. The van der Waals surface area contributed by atoms with Crippen molar-refractivity contribution in [2.45, 2.75) is 13.8 Å². The number of halogens is 1. The minimum atomic E-state index is -0.104. The molecule has 0 saturated carbocycles. The zero-order valence-electron chi connectivity index (χ0n) is 18.3. The Morgan fingerprint density at radius 3 is 2.09 bits per heavy atom. The molecule has 0 spiro atoms. The average Bonchev–Trinajstić information content (AvgIpc) is 3.45. The van der Waals surface area contributed by atoms with Gasteiger partial charge in [-0.3, -0.25) is 19.9 Å². The summed E-state index contributed by atoms with van der Waals surface area (Å²) in [6.45, 7) is 3.72. The number of pyridine rings is 2. The van der Waals surface area contributed by atoms with E-state index >= 15 is 0 Å². The molecule has 10 heteroatoms. The van der Waals surface area contributed by atoms with Gasteiger partial charge < -0.3 is 0 Å². The molecule has 0 amide bonds. The first-order valence-corrected chi connectivity index (χ1v) is 10.8. The van der Waals surface area contributed by atoms with E-state index in [-0.39, 0.29) is 5.56 Å². The summed E-state index contributed by atoms with van der Waals surface area (Å²) in [5, 5.41) is 7.70. The Bertz CT molecular complexity index is 1660. The summed E-state index contributed by atoms with van der Waals surface area (Å²) in [5.41, 5.74) is 6.75. The first kappa shape index (κ1) is 21.5. The van der Waals surface area contributed by atoms with Gasteiger partial charge in [-0.25, -0.2) is 19.0 Å². The Balaban J connectivity index is 0.000000142. The SMILES string of the molecule is Cc1cc(=O)n2[nH]cc(-c3ccncc3)c2n1.Cc1cc(Cl)n2ncc(-c3ccncc3)c2n1. The maximum atomic E-state index is 11.7. The van der Waals surface area contributed by atoms with Crippen LogP contribution in [-0.4, -0.2) is 39.2 Å². The maximum Gasteiger partial charge on any atom is 0.272 e. The third kappa shape index (κ3) is 4.04. The van der Waals surface area contributed by atoms with E-state index in [1.165, 1.54) is 10.6 Å². The number of aryl methyl sites for hydroxylation is 2. The summed E-state index contributed by atoms with van der Waals surface area (Å²) in [4.78, 5) is 28.5. The van der Waals surface area contributed by atoms with Gasteiger partial charge in [0.25, 0.3) is 5.56 Å². The van der Waals surface area contributed by atoms with Gasteiger partial charge in [0.05, 0.1) is 6.20 Å². The van der Waals surface area contributed by atoms with Gasteiger partial charge in [0.1, 0.15) is 5.15 Å². The van der Waals surface area contributed by atoms with Crippen molar-refractivity contribution in [1.29, 1.82) is 0 Å². The normalized spacial score (nSPS) is 10.9. The van der Waals surface area contributed by atoms with Crippen LogP contribution in [0.3, 0.4) is 0 Å². The molecule has 0 radical (unpaired) electrons. The van der Waals surface area contributed by atoms with Gasteiger partial charge in [-0.15, -0.1) is 0 Å². The molecule has 0 atom stereocenters. The van der Waals surface area contributed by atoms with Crippen LogP contribution in [0.4, 0.5) is 0 Å². The molecular formula is C24H19ClN8O. The lowest BCUT2D eigenvalue weighted by Gasteiger charge is -2.01. The van der Waals surface area contributed by atoms with Gasteiger partial charge >= 0.3 is 0 Å². The Hall–Kier alpha value is -4.37. The van der Waals surface area contributed by atoms with Crippen LogP contribution in [0.2, 0.25) is 5.15 Å². The number of H-pyrrole nitrogens is 1. The van der Waals surface area contributed by atoms with Crippen LogP contribution in [-0.2, 0) is 0 Å². The molecule has 6 heterocycles. The summed E-state index contributed by atoms with van der Waals surface area (Å²) >= 11 is 6.11. The van der Waals surface area contributed by atoms with Gasteiger partial charge in [0.15, 0.2) is 11.3 Å². The average molecular weight is 471 g/mol. The second-order valence-corrected chi connectivity index (χ2v) is 7.95. The van der Waals surface area contributed by atoms with Gasteiger partial charge in [0, 0.05) is 59.6 Å². The quantitative estimate of drug-likeness (QED) is 0.381. The summed E-state index contributed by atoms with van der Waals surface area (Å²) in [6.07, 6.45) is 10.5. The van der Waals surface area contributed by atoms with E-state index < -0.39 is 0 Å². The molecule has 0 aliphatic carbocycles. The highest BCUT2D eigenvalue weighted by Crippen LogP contribution is 2.25. The molecule has 6 aromatic rings. The van der Waals surface area contributed by atoms with Crippen molar-refractivity contribution in [3.8, 4) is 22.3 Å². The highest BCUT2D eigenvalue weighted by Gasteiger charge is 2.11. The summed E-state index contributed by atoms with van der Waals surface area (Å²) in [5.74, 6) is 0. The van der Waals surface area contributed by atoms with Gasteiger partial charge in [0.2, 0.25) is 0 Å². The predicted molar refractivity (Wildman–Crippen MR) is 130 cm³/mol. The van der Waals surface area contributed by atoms with Crippen molar-refractivity contribution in [3.05, 3.63) is 100 Å². The molecule has 0 aliphatic heterocycles. The van der Waals surface area contributed by atoms with Crippen LogP contribution in [0.15, 0.2) is 78.4 Å². The second kappa shape index (κ2) is 8.87. The lowest BCUT2D eigenvalue weighted by atomic mass is 10.1. The molecule has 0 fully saturated rings. The van der Waals surface area contributed by atoms with E-state index in [0.717, 1.165) is 33.6 Å². The number of rotatable bonds is 2. The zero-order chi connectivity index (χ0) is 23.7. The maximum absolute atomic E-state index is 11.7. The van der Waals surface area contributed by atoms with Gasteiger partial charge in [-0.2, -0.15) is 5.10 Å². The van der Waals surface area contributed by atoms with Crippen molar-refractivity contribution in [1.82, 2.24) is 39.2 Å². The van der Waals surface area contributed by atoms with E-state index in [1.807, 2.05) is 38.1 Å². The highest BCUT2D eigenvalue weighted by atomic mass is 35.5. The largest absolute Gasteiger partial charge is 0.296 e. The highest BCUT2D eigenvalue weighted by molar-refractivity contribution is 6.29. The number of hydrogen-bond donors (Lipinski definition) is 1. The number of aromatic nitrogens is 8. The molecule has 0 aromatic carbocycles. The molecule has 34 heavy (non-hydrogen) atoms. The zero-order valence-corrected chi connectivity index (χ0v) is 19.1. The first-order valence-electron chi connectivity index (χ1n) is 10.4. The molecule has 168 valence electrons. The molecule has 6 rings (SSSR count). The lowest BCUT2D eigenvalue weighted by molar-refractivity contribution is 0.890. The predicted octanol–water partition coefficient (Wildman–Crippen LogP) is 4.15. The topological polar surface area (TPSA) is 106 Å². The van der Waals surface area contributed by atoms with Crippen LogP contribution in [0, 0.1) is 13.8 Å². The second-order valence-electron chi connectivity index (χ2n) is 7.57. The number of nitrogens with zero attached hydrogens (tertiary/aromatic N) is 7. The van der Waals surface area contributed by atoms with Crippen molar-refractivity contribution in [3.63, 3.8) is 0 Å². The van der Waals surface area contributed by atoms with Crippen LogP contribution < -0.4 is 5.56 Å². The number of aromatic amines is 1. The lowest BCUT2D eigenvalue weighted by Crippen LogP contribution is -2.14. The minimum absolute atomic E-state index is 0.104. The number of hydrogen-bond acceptors (Lipinski definition) is 6. The van der Waals surface area contributed by atoms with E-state index in [0.29, 0.717) is 16.5 Å². The number of fused-ring (bicyclic) bond motifs is 2. The molecule has 0 saturated heterocycles. The van der Waals surface area contributed by atoms with Crippen LogP contribution >= 0.6 is 11.6 Å². The molecule has 9 nitrogen and oxygen atoms in total. The van der Waals surface area contributed by atoms with Crippen molar-refractivity contribution in [2.75, 3.05) is 0 Å². The smallest absolute Gasteiger partial charge is 0.272 e. The van der Waals surface area contributed by atoms with Crippen LogP contribution in [0.5, 0.6) is 0 Å². The first-order chi connectivity index (χ1) is 16.5. The summed E-state index contributed by atoms with van der Waals surface area (Å²) < 4.78 is 3.06. The van der Waals surface area contributed by atoms with Crippen molar-refractivity contribution < 1.29 is 0 Å². The van der Waals surface area contributed by atoms with Crippen LogP contribution in [0.25, 0.3) is 33.5 Å². The standard InChI is InChI=1S/C12H9ClN4.C12H10N4O/c1-8-6-11(13)17-12(16-8)10(7-15-17)9-2-4-14-5-3-9;1-8-6-11(17)16-12(15-8)10(7-14-16)9-2-4-13-5-3-9/h2-7H,1H3;2-7,14H,1H3. The third-order valence-electron chi connectivity index (χ3n) is 5.16. The van der Waals surface area contributed by atoms with E-state index in [2.05, 4.69) is 30.1 Å². The Labute approximate surface area is 198 Å². The molecule has 1 N–H and O–H groups in total. The Kier molecular flexibility index (Phi) is 5.60. The molecule has 6 aromatic heterocycles. The fourth-order valence-corrected chi connectivity index (χ4v) is 3.90. The number of nitrogens with one attached hydrogen (secondary N) is 1. The van der Waals surface area contributed by atoms with Gasteiger partial charge in [-0.05, 0) is 55.3 Å². The van der Waals surface area contributed by atoms with Crippen molar-refractivity contribution >= 4 is 22.9 Å². The molecule has 0 unspecified atom stereocenters. The van der Waals surface area contributed by atoms with E-state index in [9.17, 15) is 4.79 Å². The van der Waals surface area contributed by atoms with Crippen molar-refractivity contribution in [2.24, 2.45) is 0 Å². The fourth-order valence-electron chi connectivity index (χ4n) is 3.61. The fraction of sp³-hybridized carbons (Fsp3) is 0.0833. The summed E-state index contributed by atoms with van der Waals surface area (Å²) in [6, 6.07) is 10.9. The molecule has 0 aliphatic rings. The Morgan fingerprint density at radius 2 is 1.41 bits per heavy atom. The monoisotopic (exact) mass is 470 g/mol. The van der Waals surface area contributed by atoms with E-state index in [4.69, 9.17) is 11.6 Å². The third-order valence-corrected chi connectivity index (χ3v) is 5.43. The molecule has 0 bridgehead atoms. The Morgan fingerprint density at radius 1 is 0.824 bits per heavy atom. The molecular weight excluding hydrogens is 452 g/mol. The van der Waals surface area contributed by atoms with E-state index in [1.54, 1.807) is 47.8 Å². The van der Waals surface area contributed by atoms with Crippen LogP contribution in [0.1, 0.15) is 11.4 Å².